The number of fused-ring (bicyclic) bond motifs is 1. The normalized spacial score (nSPS) is 11.7. The molecule has 4 rings (SSSR count). The zero-order valence-electron chi connectivity index (χ0n) is 23.0. The summed E-state index contributed by atoms with van der Waals surface area (Å²) in [5.41, 5.74) is 8.61. The minimum absolute atomic E-state index is 0.0399. The summed E-state index contributed by atoms with van der Waals surface area (Å²) in [4.78, 5) is 38.9. The highest BCUT2D eigenvalue weighted by molar-refractivity contribution is 6.13. The molecule has 1 aromatic heterocycles. The van der Waals surface area contributed by atoms with E-state index in [2.05, 4.69) is 36.5 Å². The molecule has 0 atom stereocenters. The average molecular weight is 528 g/mol. The molecule has 202 valence electrons. The Morgan fingerprint density at radius 1 is 0.846 bits per heavy atom. The third kappa shape index (κ3) is 6.43. The number of aromatic nitrogens is 2. The lowest BCUT2D eigenvalue weighted by Crippen LogP contribution is -2.27. The Morgan fingerprint density at radius 3 is 2.18 bits per heavy atom. The van der Waals surface area contributed by atoms with Crippen LogP contribution in [-0.2, 0) is 10.2 Å². The van der Waals surface area contributed by atoms with Crippen LogP contribution in [0.15, 0.2) is 66.9 Å². The van der Waals surface area contributed by atoms with Gasteiger partial charge in [-0.3, -0.25) is 9.59 Å². The number of anilines is 3. The van der Waals surface area contributed by atoms with Crippen LogP contribution in [0.3, 0.4) is 0 Å². The Morgan fingerprint density at radius 2 is 1.54 bits per heavy atom. The molecule has 0 spiro atoms. The summed E-state index contributed by atoms with van der Waals surface area (Å²) >= 11 is 0. The van der Waals surface area contributed by atoms with Gasteiger partial charge in [-0.2, -0.15) is 9.78 Å². The molecule has 3 aromatic carbocycles. The SMILES string of the molecule is CC(C)(C)OC(=O)n1ncc2ccc(NC(=O)c3ccc(N)cc3NC(=O)c3ccc(C(C)(C)C)cc3)cc21. The van der Waals surface area contributed by atoms with E-state index in [0.717, 1.165) is 10.2 Å². The van der Waals surface area contributed by atoms with Crippen LogP contribution in [0.2, 0.25) is 0 Å². The van der Waals surface area contributed by atoms with Gasteiger partial charge >= 0.3 is 6.09 Å². The Labute approximate surface area is 227 Å². The fraction of sp³-hybridized carbons (Fsp3) is 0.267. The van der Waals surface area contributed by atoms with Crippen LogP contribution < -0.4 is 16.4 Å². The van der Waals surface area contributed by atoms with Gasteiger partial charge in [0.1, 0.15) is 5.60 Å². The first-order valence-electron chi connectivity index (χ1n) is 12.6. The topological polar surface area (TPSA) is 128 Å². The van der Waals surface area contributed by atoms with E-state index in [1.807, 2.05) is 12.1 Å². The summed E-state index contributed by atoms with van der Waals surface area (Å²) in [6.07, 6.45) is 0.923. The van der Waals surface area contributed by atoms with Crippen LogP contribution in [-0.4, -0.2) is 33.3 Å². The summed E-state index contributed by atoms with van der Waals surface area (Å²) in [6, 6.07) is 17.1. The monoisotopic (exact) mass is 527 g/mol. The first kappa shape index (κ1) is 27.4. The molecule has 4 aromatic rings. The maximum Gasteiger partial charge on any atom is 0.435 e. The van der Waals surface area contributed by atoms with Crippen LogP contribution >= 0.6 is 0 Å². The Hall–Kier alpha value is -4.66. The second-order valence-corrected chi connectivity index (χ2v) is 11.4. The van der Waals surface area contributed by atoms with Crippen molar-refractivity contribution in [3.05, 3.63) is 83.6 Å². The van der Waals surface area contributed by atoms with E-state index in [1.165, 1.54) is 6.07 Å². The summed E-state index contributed by atoms with van der Waals surface area (Å²) in [6.45, 7) is 11.6. The zero-order chi connectivity index (χ0) is 28.5. The highest BCUT2D eigenvalue weighted by atomic mass is 16.6. The van der Waals surface area contributed by atoms with Crippen molar-refractivity contribution in [1.82, 2.24) is 9.78 Å². The van der Waals surface area contributed by atoms with E-state index in [4.69, 9.17) is 10.5 Å². The molecule has 1 heterocycles. The quantitative estimate of drug-likeness (QED) is 0.271. The second-order valence-electron chi connectivity index (χ2n) is 11.4. The number of carbonyl (C=O) groups excluding carboxylic acids is 3. The van der Waals surface area contributed by atoms with Gasteiger partial charge in [0, 0.05) is 22.3 Å². The molecule has 0 saturated heterocycles. The first-order chi connectivity index (χ1) is 18.2. The number of nitrogens with two attached hydrogens (primary N) is 1. The van der Waals surface area contributed by atoms with Crippen LogP contribution in [0.25, 0.3) is 10.9 Å². The Kier molecular flexibility index (Phi) is 7.19. The number of ether oxygens (including phenoxy) is 1. The molecule has 4 N–H and O–H groups in total. The van der Waals surface area contributed by atoms with E-state index in [9.17, 15) is 14.4 Å². The second kappa shape index (κ2) is 10.2. The highest BCUT2D eigenvalue weighted by Gasteiger charge is 2.21. The van der Waals surface area contributed by atoms with Crippen LogP contribution in [0.4, 0.5) is 21.9 Å². The number of nitrogens with one attached hydrogen (secondary N) is 2. The summed E-state index contributed by atoms with van der Waals surface area (Å²) in [5.74, 6) is -0.825. The van der Waals surface area contributed by atoms with Gasteiger partial charge in [0.05, 0.1) is 23.0 Å². The largest absolute Gasteiger partial charge is 0.442 e. The van der Waals surface area contributed by atoms with E-state index in [1.54, 1.807) is 69.4 Å². The number of nitrogen functional groups attached to an aromatic ring is 1. The van der Waals surface area contributed by atoms with Gasteiger partial charge in [0.15, 0.2) is 0 Å². The number of carbonyl (C=O) groups is 3. The van der Waals surface area contributed by atoms with Crippen molar-refractivity contribution in [3.8, 4) is 0 Å². The number of hydrogen-bond acceptors (Lipinski definition) is 6. The first-order valence-corrected chi connectivity index (χ1v) is 12.6. The molecule has 9 nitrogen and oxygen atoms in total. The Bertz CT molecular complexity index is 1560. The molecular formula is C30H33N5O4. The van der Waals surface area contributed by atoms with E-state index in [0.29, 0.717) is 27.8 Å². The van der Waals surface area contributed by atoms with Crippen molar-refractivity contribution in [2.45, 2.75) is 52.6 Å². The molecule has 0 aliphatic carbocycles. The van der Waals surface area contributed by atoms with Gasteiger partial charge in [-0.05, 0) is 80.3 Å². The molecule has 0 aliphatic heterocycles. The van der Waals surface area contributed by atoms with Gasteiger partial charge in [-0.1, -0.05) is 32.9 Å². The molecule has 0 fully saturated rings. The van der Waals surface area contributed by atoms with Crippen molar-refractivity contribution in [1.29, 1.82) is 0 Å². The van der Waals surface area contributed by atoms with Gasteiger partial charge in [0.25, 0.3) is 11.8 Å². The average Bonchev–Trinajstić information content (AvgIpc) is 3.26. The number of hydrogen-bond donors (Lipinski definition) is 3. The van der Waals surface area contributed by atoms with E-state index < -0.39 is 17.6 Å². The van der Waals surface area contributed by atoms with Crippen molar-refractivity contribution >= 4 is 45.9 Å². The number of nitrogens with zero attached hydrogens (tertiary/aromatic N) is 2. The van der Waals surface area contributed by atoms with Gasteiger partial charge in [-0.15, -0.1) is 0 Å². The third-order valence-electron chi connectivity index (χ3n) is 5.94. The Balaban J connectivity index is 1.56. The standard InChI is InChI=1S/C30H33N5O4/c1-29(2,3)20-10-7-18(8-11-20)26(36)34-24-15-21(31)12-14-23(24)27(37)33-22-13-9-19-17-32-35(25(19)16-22)28(38)39-30(4,5)6/h7-17H,31H2,1-6H3,(H,33,37)(H,34,36). The van der Waals surface area contributed by atoms with E-state index >= 15 is 0 Å². The summed E-state index contributed by atoms with van der Waals surface area (Å²) < 4.78 is 6.57. The fourth-order valence-corrected chi connectivity index (χ4v) is 3.92. The summed E-state index contributed by atoms with van der Waals surface area (Å²) in [5, 5.41) is 10.5. The minimum Gasteiger partial charge on any atom is -0.442 e. The molecule has 0 radical (unpaired) electrons. The van der Waals surface area contributed by atoms with Gasteiger partial charge in [0.2, 0.25) is 0 Å². The predicted molar refractivity (Wildman–Crippen MR) is 153 cm³/mol. The van der Waals surface area contributed by atoms with Crippen molar-refractivity contribution < 1.29 is 19.1 Å². The molecule has 0 saturated carbocycles. The number of rotatable bonds is 4. The van der Waals surface area contributed by atoms with E-state index in [-0.39, 0.29) is 22.6 Å². The molecule has 0 aliphatic rings. The lowest BCUT2D eigenvalue weighted by molar-refractivity contribution is 0.0522. The van der Waals surface area contributed by atoms with Crippen molar-refractivity contribution in [3.63, 3.8) is 0 Å². The zero-order valence-corrected chi connectivity index (χ0v) is 23.0. The van der Waals surface area contributed by atoms with Gasteiger partial charge in [-0.25, -0.2) is 4.79 Å². The molecule has 2 amide bonds. The lowest BCUT2D eigenvalue weighted by atomic mass is 9.86. The van der Waals surface area contributed by atoms with Crippen LogP contribution in [0.5, 0.6) is 0 Å². The maximum atomic E-state index is 13.3. The van der Waals surface area contributed by atoms with Gasteiger partial charge < -0.3 is 21.1 Å². The molecular weight excluding hydrogens is 494 g/mol. The predicted octanol–water partition coefficient (Wildman–Crippen LogP) is 6.20. The number of benzene rings is 3. The highest BCUT2D eigenvalue weighted by Crippen LogP contribution is 2.26. The molecule has 9 heteroatoms. The summed E-state index contributed by atoms with van der Waals surface area (Å²) in [7, 11) is 0. The third-order valence-corrected chi connectivity index (χ3v) is 5.94. The lowest BCUT2D eigenvalue weighted by Gasteiger charge is -2.19. The van der Waals surface area contributed by atoms with Crippen LogP contribution in [0.1, 0.15) is 67.8 Å². The maximum absolute atomic E-state index is 13.3. The van der Waals surface area contributed by atoms with Crippen molar-refractivity contribution in [2.75, 3.05) is 16.4 Å². The minimum atomic E-state index is -0.689. The molecule has 0 bridgehead atoms. The van der Waals surface area contributed by atoms with Crippen molar-refractivity contribution in [2.24, 2.45) is 0 Å². The fourth-order valence-electron chi connectivity index (χ4n) is 3.92. The molecule has 39 heavy (non-hydrogen) atoms. The smallest absolute Gasteiger partial charge is 0.435 e. The van der Waals surface area contributed by atoms with Crippen LogP contribution in [0, 0.1) is 0 Å². The molecule has 0 unspecified atom stereocenters. The number of amides is 2.